The van der Waals surface area contributed by atoms with Crippen LogP contribution in [0.15, 0.2) is 72.8 Å². The number of benzene rings is 2. The van der Waals surface area contributed by atoms with Gasteiger partial charge in [0.25, 0.3) is 0 Å². The van der Waals surface area contributed by atoms with Gasteiger partial charge in [0.2, 0.25) is 0 Å². The summed E-state index contributed by atoms with van der Waals surface area (Å²) in [6.45, 7) is 9.21. The zero-order valence-electron chi connectivity index (χ0n) is 27.4. The molecule has 0 aliphatic heterocycles. The van der Waals surface area contributed by atoms with Gasteiger partial charge in [-0.15, -0.1) is 80.7 Å². The molecule has 43 heavy (non-hydrogen) atoms. The molecule has 0 radical (unpaired) electrons. The number of halogens is 2. The molecule has 0 saturated heterocycles. The van der Waals surface area contributed by atoms with E-state index in [9.17, 15) is 0 Å². The number of unbranched alkanes of at least 4 members (excludes halogenated alkanes) is 8. The average Bonchev–Trinajstić information content (AvgIpc) is 3.61. The molecule has 0 saturated carbocycles. The largest absolute Gasteiger partial charge is 4.00 e. The van der Waals surface area contributed by atoms with Crippen LogP contribution in [0.3, 0.4) is 0 Å². The summed E-state index contributed by atoms with van der Waals surface area (Å²) in [5.74, 6) is 0. The first kappa shape index (κ1) is 42.8. The van der Waals surface area contributed by atoms with Crippen molar-refractivity contribution in [2.24, 2.45) is 0 Å². The number of hydrogen-bond acceptors (Lipinski definition) is 0. The fourth-order valence-corrected chi connectivity index (χ4v) is 10.9. The summed E-state index contributed by atoms with van der Waals surface area (Å²) in [7, 11) is 0.150. The van der Waals surface area contributed by atoms with Crippen LogP contribution in [0.4, 0.5) is 0 Å². The molecule has 0 bridgehead atoms. The Morgan fingerprint density at radius 2 is 0.814 bits per heavy atom. The molecule has 4 rings (SSSR count). The molecule has 0 fully saturated rings. The van der Waals surface area contributed by atoms with Gasteiger partial charge in [0, 0.05) is 0 Å². The van der Waals surface area contributed by atoms with Crippen LogP contribution in [0.2, 0.25) is 0 Å². The molecule has 0 atom stereocenters. The molecule has 0 aliphatic carbocycles. The van der Waals surface area contributed by atoms with Crippen molar-refractivity contribution in [3.63, 3.8) is 0 Å². The minimum Gasteiger partial charge on any atom is -1.00 e. The van der Waals surface area contributed by atoms with Gasteiger partial charge in [0.15, 0.2) is 0 Å². The normalized spacial score (nSPS) is 10.7. The molecule has 4 aromatic rings. The van der Waals surface area contributed by atoms with Crippen LogP contribution in [0, 0.1) is 0 Å². The molecule has 4 aromatic carbocycles. The summed E-state index contributed by atoms with van der Waals surface area (Å²) < 4.78 is 0. The minimum atomic E-state index is 0. The fraction of sp³-hybridized carbons (Fsp3) is 0.526. The Hall–Kier alpha value is -0.186. The van der Waals surface area contributed by atoms with Gasteiger partial charge in [-0.1, -0.05) is 107 Å². The average molecular weight is 694 g/mol. The van der Waals surface area contributed by atoms with E-state index in [1.54, 1.807) is 10.6 Å². The van der Waals surface area contributed by atoms with E-state index in [0.717, 1.165) is 0 Å². The third kappa shape index (κ3) is 15.3. The molecule has 0 heterocycles. The standard InChI is InChI=1S/C21H32P.C17H24P.2ClH.Ti/c1-3-5-7-11-15-22(16-12-8-6-4-2)21-17-19-13-9-10-14-20(19)18-21;1-3-5-11-18(12-6-4-2)17-13-15-9-7-8-10-16(15)14-17;;;/h9-10,13-14,17-18H,3-8,11-12,15-16H2,1-2H3;7-10,13-14H,3-6,11-12H2,1-2H3;2*1H;/q2*-1;;;+4/p-2. The molecule has 0 aromatic heterocycles. The molecule has 0 unspecified atom stereocenters. The molecule has 5 heteroatoms. The van der Waals surface area contributed by atoms with Crippen LogP contribution in [0.5, 0.6) is 0 Å². The molecule has 0 amide bonds. The topological polar surface area (TPSA) is 0 Å². The number of rotatable bonds is 18. The Morgan fingerprint density at radius 3 is 1.16 bits per heavy atom. The Labute approximate surface area is 294 Å². The zero-order chi connectivity index (χ0) is 28.4. The van der Waals surface area contributed by atoms with Crippen molar-refractivity contribution < 1.29 is 46.5 Å². The van der Waals surface area contributed by atoms with Crippen LogP contribution >= 0.6 is 15.8 Å². The van der Waals surface area contributed by atoms with Crippen molar-refractivity contribution >= 4 is 48.0 Å². The summed E-state index contributed by atoms with van der Waals surface area (Å²) in [5.41, 5.74) is 0. The summed E-state index contributed by atoms with van der Waals surface area (Å²) in [6.07, 6.45) is 22.3. The Balaban J connectivity index is 0.000000779. The van der Waals surface area contributed by atoms with E-state index < -0.39 is 0 Å². The maximum Gasteiger partial charge on any atom is 4.00 e. The molecular weight excluding hydrogens is 637 g/mol. The quantitative estimate of drug-likeness (QED) is 0.0512. The molecule has 0 N–H and O–H groups in total. The zero-order valence-corrected chi connectivity index (χ0v) is 32.3. The van der Waals surface area contributed by atoms with Crippen LogP contribution in [0.1, 0.15) is 105 Å². The van der Waals surface area contributed by atoms with E-state index in [-0.39, 0.29) is 62.4 Å². The van der Waals surface area contributed by atoms with Crippen LogP contribution in [-0.4, -0.2) is 24.6 Å². The van der Waals surface area contributed by atoms with Crippen molar-refractivity contribution in [3.8, 4) is 0 Å². The van der Waals surface area contributed by atoms with E-state index in [4.69, 9.17) is 0 Å². The Morgan fingerprint density at radius 1 is 0.465 bits per heavy atom. The number of fused-ring (bicyclic) bond motifs is 2. The van der Waals surface area contributed by atoms with E-state index in [1.165, 1.54) is 123 Å². The molecule has 0 nitrogen and oxygen atoms in total. The van der Waals surface area contributed by atoms with Gasteiger partial charge in [-0.25, -0.2) is 0 Å². The van der Waals surface area contributed by atoms with Gasteiger partial charge in [-0.05, 0) is 50.3 Å². The third-order valence-corrected chi connectivity index (χ3v) is 13.5. The van der Waals surface area contributed by atoms with E-state index in [0.29, 0.717) is 0 Å². The maximum absolute atomic E-state index is 2.47. The van der Waals surface area contributed by atoms with Crippen molar-refractivity contribution in [1.29, 1.82) is 0 Å². The first-order valence-corrected chi connectivity index (χ1v) is 19.9. The van der Waals surface area contributed by atoms with Crippen LogP contribution < -0.4 is 35.4 Å². The minimum absolute atomic E-state index is 0. The maximum atomic E-state index is 2.47. The van der Waals surface area contributed by atoms with Gasteiger partial charge in [0.1, 0.15) is 0 Å². The second kappa shape index (κ2) is 25.9. The van der Waals surface area contributed by atoms with E-state index in [1.807, 2.05) is 0 Å². The first-order valence-electron chi connectivity index (χ1n) is 16.5. The summed E-state index contributed by atoms with van der Waals surface area (Å²) in [6, 6.07) is 27.5. The molecule has 0 spiro atoms. The summed E-state index contributed by atoms with van der Waals surface area (Å²) in [5, 5.41) is 9.01. The van der Waals surface area contributed by atoms with Crippen molar-refractivity contribution in [1.82, 2.24) is 0 Å². The van der Waals surface area contributed by atoms with Gasteiger partial charge in [-0.3, -0.25) is 0 Å². The Bertz CT molecular complexity index is 1110. The Kier molecular flexibility index (Phi) is 25.8. The summed E-state index contributed by atoms with van der Waals surface area (Å²) >= 11 is 0. The van der Waals surface area contributed by atoms with E-state index in [2.05, 4.69) is 100 Å². The van der Waals surface area contributed by atoms with Gasteiger partial charge in [-0.2, -0.15) is 12.1 Å². The monoisotopic (exact) mass is 692 g/mol. The van der Waals surface area contributed by atoms with Gasteiger partial charge in [0.05, 0.1) is 0 Å². The van der Waals surface area contributed by atoms with Gasteiger partial charge < -0.3 is 24.8 Å². The van der Waals surface area contributed by atoms with Gasteiger partial charge >= 0.3 is 21.7 Å². The second-order valence-corrected chi connectivity index (χ2v) is 16.5. The van der Waals surface area contributed by atoms with Crippen LogP contribution in [0.25, 0.3) is 21.5 Å². The second-order valence-electron chi connectivity index (χ2n) is 11.5. The number of hydrogen-bond donors (Lipinski definition) is 0. The fourth-order valence-electron chi connectivity index (χ4n) is 5.53. The predicted octanol–water partition coefficient (Wildman–Crippen LogP) is 6.10. The first-order chi connectivity index (χ1) is 19.7. The summed E-state index contributed by atoms with van der Waals surface area (Å²) in [4.78, 5) is 0. The SMILES string of the molecule is CCCCCCP(CCCCCC)c1cc2ccccc2[cH-]1.CCCCP(CCCC)c1cc2ccccc2[cH-]1.[Cl-].[Cl-].[Ti+4]. The van der Waals surface area contributed by atoms with Crippen molar-refractivity contribution in [2.45, 2.75) is 105 Å². The van der Waals surface area contributed by atoms with Crippen LogP contribution in [-0.2, 0) is 21.7 Å². The molecule has 0 aliphatic rings. The van der Waals surface area contributed by atoms with Crippen molar-refractivity contribution in [3.05, 3.63) is 72.8 Å². The molecule has 236 valence electrons. The van der Waals surface area contributed by atoms with Crippen molar-refractivity contribution in [2.75, 3.05) is 24.6 Å². The third-order valence-electron chi connectivity index (χ3n) is 8.06. The van der Waals surface area contributed by atoms with E-state index >= 15 is 0 Å². The molecular formula is C38H56Cl2P2Ti. The predicted molar refractivity (Wildman–Crippen MR) is 190 cm³/mol. The smallest absolute Gasteiger partial charge is 1.00 e.